The quantitative estimate of drug-likeness (QED) is 0.583. The Balaban J connectivity index is 2.08. The van der Waals surface area contributed by atoms with Gasteiger partial charge in [-0.15, -0.1) is 0 Å². The predicted molar refractivity (Wildman–Crippen MR) is 95.8 cm³/mol. The molecule has 1 unspecified atom stereocenters. The van der Waals surface area contributed by atoms with E-state index in [2.05, 4.69) is 33.0 Å². The summed E-state index contributed by atoms with van der Waals surface area (Å²) in [6.45, 7) is 15.0. The van der Waals surface area contributed by atoms with E-state index in [0.29, 0.717) is 38.7 Å². The molecule has 0 radical (unpaired) electrons. The molecule has 0 aromatic carbocycles. The highest BCUT2D eigenvalue weighted by Crippen LogP contribution is 2.31. The standard InChI is InChI=1S/C19H37NO4/c1-15(2)8-7-9-17(21)20-10-11-22-14-18(3,4)12-16-13-23-19(5,6)24-16/h15-16H,7-14H2,1-6H3,(H,20,21). The smallest absolute Gasteiger partial charge is 0.220 e. The molecule has 1 rings (SSSR count). The highest BCUT2D eigenvalue weighted by Gasteiger charge is 2.36. The minimum atomic E-state index is -0.471. The summed E-state index contributed by atoms with van der Waals surface area (Å²) in [7, 11) is 0. The Morgan fingerprint density at radius 1 is 1.38 bits per heavy atom. The van der Waals surface area contributed by atoms with Crippen molar-refractivity contribution in [1.82, 2.24) is 5.32 Å². The molecule has 1 aliphatic heterocycles. The second kappa shape index (κ2) is 9.73. The second-order valence-electron chi connectivity index (χ2n) is 8.51. The summed E-state index contributed by atoms with van der Waals surface area (Å²) in [6, 6.07) is 0. The van der Waals surface area contributed by atoms with Gasteiger partial charge in [-0.2, -0.15) is 0 Å². The molecule has 0 saturated carbocycles. The molecule has 0 bridgehead atoms. The lowest BCUT2D eigenvalue weighted by Gasteiger charge is -2.27. The molecule has 0 aromatic rings. The third-order valence-electron chi connectivity index (χ3n) is 4.09. The summed E-state index contributed by atoms with van der Waals surface area (Å²) < 4.78 is 17.2. The Morgan fingerprint density at radius 2 is 2.08 bits per heavy atom. The molecular weight excluding hydrogens is 306 g/mol. The largest absolute Gasteiger partial charge is 0.379 e. The molecule has 0 aliphatic carbocycles. The molecule has 1 heterocycles. The van der Waals surface area contributed by atoms with Gasteiger partial charge in [0.25, 0.3) is 0 Å². The van der Waals surface area contributed by atoms with Crippen LogP contribution in [0.1, 0.15) is 67.2 Å². The first kappa shape index (κ1) is 21.4. The van der Waals surface area contributed by atoms with Crippen molar-refractivity contribution in [2.45, 2.75) is 79.1 Å². The zero-order valence-electron chi connectivity index (χ0n) is 16.4. The van der Waals surface area contributed by atoms with Gasteiger partial charge in [0, 0.05) is 13.0 Å². The van der Waals surface area contributed by atoms with Crippen molar-refractivity contribution in [3.63, 3.8) is 0 Å². The van der Waals surface area contributed by atoms with Crippen LogP contribution in [0.5, 0.6) is 0 Å². The molecule has 5 heteroatoms. The van der Waals surface area contributed by atoms with Crippen molar-refractivity contribution in [3.05, 3.63) is 0 Å². The first-order valence-corrected chi connectivity index (χ1v) is 9.26. The van der Waals surface area contributed by atoms with E-state index in [1.807, 2.05) is 13.8 Å². The molecule has 1 N–H and O–H groups in total. The topological polar surface area (TPSA) is 56.8 Å². The third-order valence-corrected chi connectivity index (χ3v) is 4.09. The van der Waals surface area contributed by atoms with Crippen molar-refractivity contribution in [2.75, 3.05) is 26.4 Å². The Kier molecular flexibility index (Phi) is 8.68. The van der Waals surface area contributed by atoms with Gasteiger partial charge in [0.2, 0.25) is 5.91 Å². The van der Waals surface area contributed by atoms with Crippen molar-refractivity contribution >= 4 is 5.91 Å². The van der Waals surface area contributed by atoms with Crippen LogP contribution in [0, 0.1) is 11.3 Å². The highest BCUT2D eigenvalue weighted by molar-refractivity contribution is 5.75. The number of nitrogens with one attached hydrogen (secondary N) is 1. The van der Waals surface area contributed by atoms with Crippen LogP contribution in [0.4, 0.5) is 0 Å². The summed E-state index contributed by atoms with van der Waals surface area (Å²) in [5.74, 6) is 0.307. The zero-order chi connectivity index (χ0) is 18.2. The van der Waals surface area contributed by atoms with E-state index in [0.717, 1.165) is 19.3 Å². The molecule has 1 saturated heterocycles. The van der Waals surface area contributed by atoms with Crippen LogP contribution in [0.2, 0.25) is 0 Å². The Hall–Kier alpha value is -0.650. The monoisotopic (exact) mass is 343 g/mol. The van der Waals surface area contributed by atoms with Crippen LogP contribution in [0.15, 0.2) is 0 Å². The van der Waals surface area contributed by atoms with E-state index >= 15 is 0 Å². The van der Waals surface area contributed by atoms with Gasteiger partial charge < -0.3 is 19.5 Å². The van der Waals surface area contributed by atoms with Gasteiger partial charge in [0.15, 0.2) is 5.79 Å². The van der Waals surface area contributed by atoms with Crippen LogP contribution >= 0.6 is 0 Å². The van der Waals surface area contributed by atoms with E-state index in [1.165, 1.54) is 0 Å². The molecule has 142 valence electrons. The minimum absolute atomic E-state index is 0.0235. The average Bonchev–Trinajstić information content (AvgIpc) is 2.76. The van der Waals surface area contributed by atoms with Crippen LogP contribution in [-0.4, -0.2) is 44.2 Å². The first-order valence-electron chi connectivity index (χ1n) is 9.26. The Bertz CT molecular complexity index is 380. The molecule has 1 atom stereocenters. The maximum atomic E-state index is 11.7. The molecule has 1 amide bonds. The van der Waals surface area contributed by atoms with Gasteiger partial charge in [-0.3, -0.25) is 4.79 Å². The van der Waals surface area contributed by atoms with E-state index in [1.54, 1.807) is 0 Å². The highest BCUT2D eigenvalue weighted by atomic mass is 16.7. The lowest BCUT2D eigenvalue weighted by molar-refractivity contribution is -0.142. The number of hydrogen-bond donors (Lipinski definition) is 1. The first-order chi connectivity index (χ1) is 11.1. The van der Waals surface area contributed by atoms with Gasteiger partial charge in [0.05, 0.1) is 25.9 Å². The summed E-state index contributed by atoms with van der Waals surface area (Å²) >= 11 is 0. The average molecular weight is 344 g/mol. The number of ether oxygens (including phenoxy) is 3. The molecule has 0 aromatic heterocycles. The maximum absolute atomic E-state index is 11.7. The number of amides is 1. The Morgan fingerprint density at radius 3 is 2.67 bits per heavy atom. The number of carbonyl (C=O) groups excluding carboxylic acids is 1. The maximum Gasteiger partial charge on any atom is 0.220 e. The number of rotatable bonds is 11. The normalized spacial score (nSPS) is 20.5. The van der Waals surface area contributed by atoms with E-state index in [9.17, 15) is 4.79 Å². The fourth-order valence-corrected chi connectivity index (χ4v) is 2.91. The summed E-state index contributed by atoms with van der Waals surface area (Å²) in [5.41, 5.74) is 0.0235. The molecule has 5 nitrogen and oxygen atoms in total. The van der Waals surface area contributed by atoms with Crippen molar-refractivity contribution < 1.29 is 19.0 Å². The van der Waals surface area contributed by atoms with Crippen LogP contribution < -0.4 is 5.32 Å². The van der Waals surface area contributed by atoms with Crippen LogP contribution in [-0.2, 0) is 19.0 Å². The molecule has 1 fully saturated rings. The third kappa shape index (κ3) is 9.60. The van der Waals surface area contributed by atoms with Gasteiger partial charge in [-0.05, 0) is 38.0 Å². The van der Waals surface area contributed by atoms with Gasteiger partial charge in [-0.1, -0.05) is 34.1 Å². The second-order valence-corrected chi connectivity index (χ2v) is 8.51. The van der Waals surface area contributed by atoms with E-state index in [4.69, 9.17) is 14.2 Å². The van der Waals surface area contributed by atoms with Gasteiger partial charge >= 0.3 is 0 Å². The van der Waals surface area contributed by atoms with Crippen LogP contribution in [0.3, 0.4) is 0 Å². The fourth-order valence-electron chi connectivity index (χ4n) is 2.91. The number of carbonyl (C=O) groups is 1. The van der Waals surface area contributed by atoms with E-state index in [-0.39, 0.29) is 17.4 Å². The summed E-state index contributed by atoms with van der Waals surface area (Å²) in [6.07, 6.45) is 3.69. The molecule has 0 spiro atoms. The van der Waals surface area contributed by atoms with Crippen molar-refractivity contribution in [3.8, 4) is 0 Å². The van der Waals surface area contributed by atoms with Gasteiger partial charge in [-0.25, -0.2) is 0 Å². The van der Waals surface area contributed by atoms with Crippen molar-refractivity contribution in [2.24, 2.45) is 11.3 Å². The molecule has 1 aliphatic rings. The molecule has 24 heavy (non-hydrogen) atoms. The predicted octanol–water partition coefficient (Wildman–Crippen LogP) is 3.51. The van der Waals surface area contributed by atoms with Gasteiger partial charge in [0.1, 0.15) is 0 Å². The number of hydrogen-bond acceptors (Lipinski definition) is 4. The fraction of sp³-hybridized carbons (Fsp3) is 0.947. The summed E-state index contributed by atoms with van der Waals surface area (Å²) in [4.78, 5) is 11.7. The van der Waals surface area contributed by atoms with Crippen molar-refractivity contribution in [1.29, 1.82) is 0 Å². The summed E-state index contributed by atoms with van der Waals surface area (Å²) in [5, 5.41) is 2.92. The lowest BCUT2D eigenvalue weighted by atomic mass is 9.88. The Labute approximate surface area is 147 Å². The lowest BCUT2D eigenvalue weighted by Crippen LogP contribution is -2.31. The minimum Gasteiger partial charge on any atom is -0.379 e. The zero-order valence-corrected chi connectivity index (χ0v) is 16.4. The van der Waals surface area contributed by atoms with E-state index < -0.39 is 5.79 Å². The molecular formula is C19H37NO4. The van der Waals surface area contributed by atoms with Crippen LogP contribution in [0.25, 0.3) is 0 Å². The SMILES string of the molecule is CC(C)CCCC(=O)NCCOCC(C)(C)CC1COC(C)(C)O1.